The average molecular weight is 273 g/mol. The minimum Gasteiger partial charge on any atom is -0.203 e. The van der Waals surface area contributed by atoms with Gasteiger partial charge in [0.2, 0.25) is 0 Å². The van der Waals surface area contributed by atoms with Crippen molar-refractivity contribution < 1.29 is 8.78 Å². The quantitative estimate of drug-likeness (QED) is 0.815. The van der Waals surface area contributed by atoms with Gasteiger partial charge in [-0.05, 0) is 22.0 Å². The molecule has 5 heteroatoms. The number of aromatic nitrogens is 2. The van der Waals surface area contributed by atoms with E-state index in [-0.39, 0.29) is 0 Å². The monoisotopic (exact) mass is 272 g/mol. The topological polar surface area (TPSA) is 17.8 Å². The van der Waals surface area contributed by atoms with E-state index in [0.29, 0.717) is 15.0 Å². The van der Waals surface area contributed by atoms with Crippen LogP contribution in [-0.2, 0) is 0 Å². The minimum atomic E-state index is -2.63. The SMILES string of the molecule is FC(F)n1nc(Br)cc1-c1ccccc1. The normalized spacial score (nSPS) is 10.9. The van der Waals surface area contributed by atoms with Crippen LogP contribution in [0, 0.1) is 0 Å². The highest BCUT2D eigenvalue weighted by Gasteiger charge is 2.15. The van der Waals surface area contributed by atoms with E-state index < -0.39 is 6.55 Å². The maximum absolute atomic E-state index is 12.6. The second-order valence-corrected chi connectivity index (χ2v) is 3.75. The highest BCUT2D eigenvalue weighted by Crippen LogP contribution is 2.26. The summed E-state index contributed by atoms with van der Waals surface area (Å²) in [5.74, 6) is 0. The van der Waals surface area contributed by atoms with Gasteiger partial charge in [0, 0.05) is 5.56 Å². The van der Waals surface area contributed by atoms with Gasteiger partial charge in [0.25, 0.3) is 0 Å². The predicted octanol–water partition coefficient (Wildman–Crippen LogP) is 3.71. The third kappa shape index (κ3) is 2.07. The van der Waals surface area contributed by atoms with Crippen molar-refractivity contribution in [1.29, 1.82) is 0 Å². The van der Waals surface area contributed by atoms with Gasteiger partial charge in [-0.2, -0.15) is 13.9 Å². The summed E-state index contributed by atoms with van der Waals surface area (Å²) in [6, 6.07) is 10.5. The van der Waals surface area contributed by atoms with Gasteiger partial charge in [-0.25, -0.2) is 4.68 Å². The van der Waals surface area contributed by atoms with Gasteiger partial charge in [-0.3, -0.25) is 0 Å². The van der Waals surface area contributed by atoms with Crippen LogP contribution in [0.4, 0.5) is 8.78 Å². The van der Waals surface area contributed by atoms with Crippen LogP contribution >= 0.6 is 15.9 Å². The Kier molecular flexibility index (Phi) is 2.81. The lowest BCUT2D eigenvalue weighted by Crippen LogP contribution is -2.02. The summed E-state index contributed by atoms with van der Waals surface area (Å²) < 4.78 is 26.3. The summed E-state index contributed by atoms with van der Waals surface area (Å²) in [5.41, 5.74) is 1.12. The van der Waals surface area contributed by atoms with Crippen molar-refractivity contribution in [2.45, 2.75) is 6.55 Å². The molecular formula is C10H7BrF2N2. The molecule has 0 fully saturated rings. The smallest absolute Gasteiger partial charge is 0.203 e. The molecule has 0 saturated heterocycles. The first-order valence-corrected chi connectivity index (χ1v) is 5.06. The lowest BCUT2D eigenvalue weighted by atomic mass is 10.1. The van der Waals surface area contributed by atoms with E-state index in [1.165, 1.54) is 0 Å². The van der Waals surface area contributed by atoms with Crippen LogP contribution in [-0.4, -0.2) is 9.78 Å². The second kappa shape index (κ2) is 4.10. The van der Waals surface area contributed by atoms with Crippen molar-refractivity contribution >= 4 is 15.9 Å². The molecule has 0 unspecified atom stereocenters. The zero-order valence-electron chi connectivity index (χ0n) is 7.57. The van der Waals surface area contributed by atoms with Crippen LogP contribution in [0.2, 0.25) is 0 Å². The molecule has 1 aromatic heterocycles. The third-order valence-electron chi connectivity index (χ3n) is 1.96. The minimum absolute atomic E-state index is 0.400. The molecule has 1 heterocycles. The number of alkyl halides is 2. The number of benzene rings is 1. The van der Waals surface area contributed by atoms with E-state index >= 15 is 0 Å². The van der Waals surface area contributed by atoms with Crippen molar-refractivity contribution in [3.8, 4) is 11.3 Å². The van der Waals surface area contributed by atoms with Crippen LogP contribution in [0.25, 0.3) is 11.3 Å². The van der Waals surface area contributed by atoms with Gasteiger partial charge in [-0.1, -0.05) is 30.3 Å². The van der Waals surface area contributed by atoms with Gasteiger partial charge in [0.05, 0.1) is 5.69 Å². The van der Waals surface area contributed by atoms with Crippen molar-refractivity contribution in [3.05, 3.63) is 41.0 Å². The Bertz CT molecular complexity index is 454. The van der Waals surface area contributed by atoms with Crippen LogP contribution in [0.15, 0.2) is 41.0 Å². The molecule has 0 N–H and O–H groups in total. The first-order chi connectivity index (χ1) is 7.18. The molecule has 2 aromatic rings. The van der Waals surface area contributed by atoms with Gasteiger partial charge in [0.15, 0.2) is 0 Å². The van der Waals surface area contributed by atoms with Gasteiger partial charge in [-0.15, -0.1) is 0 Å². The van der Waals surface area contributed by atoms with E-state index in [1.807, 2.05) is 6.07 Å². The molecule has 2 rings (SSSR count). The Balaban J connectivity index is 2.53. The molecule has 0 saturated carbocycles. The molecule has 1 aromatic carbocycles. The highest BCUT2D eigenvalue weighted by atomic mass is 79.9. The molecule has 0 aliphatic heterocycles. The van der Waals surface area contributed by atoms with Crippen LogP contribution in [0.3, 0.4) is 0 Å². The largest absolute Gasteiger partial charge is 0.333 e. The molecule has 0 atom stereocenters. The molecule has 2 nitrogen and oxygen atoms in total. The molecule has 0 spiro atoms. The third-order valence-corrected chi connectivity index (χ3v) is 2.35. The standard InChI is InChI=1S/C10H7BrF2N2/c11-9-6-8(15(14-9)10(12)13)7-4-2-1-3-5-7/h1-6,10H. The second-order valence-electron chi connectivity index (χ2n) is 2.94. The molecule has 15 heavy (non-hydrogen) atoms. The van der Waals surface area contributed by atoms with E-state index in [4.69, 9.17) is 0 Å². The lowest BCUT2D eigenvalue weighted by molar-refractivity contribution is 0.0582. The zero-order valence-corrected chi connectivity index (χ0v) is 9.16. The number of rotatable bonds is 2. The fourth-order valence-electron chi connectivity index (χ4n) is 1.34. The van der Waals surface area contributed by atoms with Crippen molar-refractivity contribution in [2.24, 2.45) is 0 Å². The summed E-state index contributed by atoms with van der Waals surface area (Å²) in [4.78, 5) is 0. The van der Waals surface area contributed by atoms with Gasteiger partial charge >= 0.3 is 6.55 Å². The van der Waals surface area contributed by atoms with Crippen molar-refractivity contribution in [2.75, 3.05) is 0 Å². The number of halogens is 3. The Morgan fingerprint density at radius 2 is 1.87 bits per heavy atom. The maximum atomic E-state index is 12.6. The molecule has 0 aliphatic carbocycles. The van der Waals surface area contributed by atoms with Crippen molar-refractivity contribution in [1.82, 2.24) is 9.78 Å². The highest BCUT2D eigenvalue weighted by molar-refractivity contribution is 9.10. The number of nitrogens with zero attached hydrogens (tertiary/aromatic N) is 2. The Morgan fingerprint density at radius 3 is 2.47 bits per heavy atom. The summed E-state index contributed by atoms with van der Waals surface area (Å²) in [5, 5.41) is 3.67. The van der Waals surface area contributed by atoms with Crippen LogP contribution < -0.4 is 0 Å². The summed E-state index contributed by atoms with van der Waals surface area (Å²) in [6.45, 7) is -2.63. The Labute approximate surface area is 93.7 Å². The predicted molar refractivity (Wildman–Crippen MR) is 56.6 cm³/mol. The van der Waals surface area contributed by atoms with Crippen LogP contribution in [0.5, 0.6) is 0 Å². The average Bonchev–Trinajstić information content (AvgIpc) is 2.62. The lowest BCUT2D eigenvalue weighted by Gasteiger charge is -2.05. The number of hydrogen-bond acceptors (Lipinski definition) is 1. The number of hydrogen-bond donors (Lipinski definition) is 0. The molecule has 0 aliphatic rings. The molecule has 0 amide bonds. The zero-order chi connectivity index (χ0) is 10.8. The van der Waals surface area contributed by atoms with Crippen molar-refractivity contribution in [3.63, 3.8) is 0 Å². The summed E-state index contributed by atoms with van der Waals surface area (Å²) >= 11 is 3.08. The molecule has 0 bridgehead atoms. The van der Waals surface area contributed by atoms with Gasteiger partial charge in [0.1, 0.15) is 4.60 Å². The Hall–Kier alpha value is -1.23. The van der Waals surface area contributed by atoms with Gasteiger partial charge < -0.3 is 0 Å². The molecule has 0 radical (unpaired) electrons. The fourth-order valence-corrected chi connectivity index (χ4v) is 1.73. The molecular weight excluding hydrogens is 266 g/mol. The first-order valence-electron chi connectivity index (χ1n) is 4.27. The summed E-state index contributed by atoms with van der Waals surface area (Å²) in [6.07, 6.45) is 0. The van der Waals surface area contributed by atoms with E-state index in [0.717, 1.165) is 5.56 Å². The first kappa shape index (κ1) is 10.3. The van der Waals surface area contributed by atoms with E-state index in [9.17, 15) is 8.78 Å². The van der Waals surface area contributed by atoms with E-state index in [1.54, 1.807) is 30.3 Å². The molecule has 78 valence electrons. The fraction of sp³-hybridized carbons (Fsp3) is 0.100. The summed E-state index contributed by atoms with van der Waals surface area (Å²) in [7, 11) is 0. The Morgan fingerprint density at radius 1 is 1.20 bits per heavy atom. The maximum Gasteiger partial charge on any atom is 0.333 e. The van der Waals surface area contributed by atoms with E-state index in [2.05, 4.69) is 21.0 Å². The van der Waals surface area contributed by atoms with Crippen LogP contribution in [0.1, 0.15) is 6.55 Å².